The molecule has 0 saturated heterocycles. The maximum Gasteiger partial charge on any atom is 0.338 e. The lowest BCUT2D eigenvalue weighted by atomic mass is 10.1. The highest BCUT2D eigenvalue weighted by Gasteiger charge is 2.19. The van der Waals surface area contributed by atoms with Crippen LogP contribution < -0.4 is 10.1 Å². The van der Waals surface area contributed by atoms with Crippen LogP contribution in [0.1, 0.15) is 34.1 Å². The third-order valence-electron chi connectivity index (χ3n) is 4.48. The van der Waals surface area contributed by atoms with Crippen molar-refractivity contribution in [3.8, 4) is 23.1 Å². The minimum absolute atomic E-state index is 0.278. The van der Waals surface area contributed by atoms with Gasteiger partial charge in [-0.1, -0.05) is 0 Å². The van der Waals surface area contributed by atoms with E-state index in [2.05, 4.69) is 16.5 Å². The zero-order valence-corrected chi connectivity index (χ0v) is 17.3. The Morgan fingerprint density at radius 2 is 1.84 bits per heavy atom. The Morgan fingerprint density at radius 1 is 1.13 bits per heavy atom. The Hall–Kier alpha value is -4.12. The van der Waals surface area contributed by atoms with E-state index in [1.165, 1.54) is 0 Å². The van der Waals surface area contributed by atoms with Crippen LogP contribution in [0.3, 0.4) is 0 Å². The Balaban J connectivity index is 1.85. The average Bonchev–Trinajstić information content (AvgIpc) is 3.23. The molecule has 0 aliphatic rings. The first kappa shape index (κ1) is 21.6. The molecule has 31 heavy (non-hydrogen) atoms. The molecule has 0 aliphatic carbocycles. The monoisotopic (exact) mass is 418 g/mol. The number of methoxy groups -OCH3 is 1. The summed E-state index contributed by atoms with van der Waals surface area (Å²) in [5.74, 6) is -0.0702. The molecular weight excluding hydrogens is 396 g/mol. The Morgan fingerprint density at radius 3 is 2.45 bits per heavy atom. The molecule has 0 aliphatic heterocycles. The normalized spacial score (nSPS) is 10.2. The molecule has 8 nitrogen and oxygen atoms in total. The first-order valence-corrected chi connectivity index (χ1v) is 9.73. The lowest BCUT2D eigenvalue weighted by Crippen LogP contribution is -2.12. The molecule has 0 unspecified atom stereocenters. The van der Waals surface area contributed by atoms with Gasteiger partial charge < -0.3 is 14.8 Å². The Labute approximate surface area is 180 Å². The van der Waals surface area contributed by atoms with Crippen molar-refractivity contribution in [1.82, 2.24) is 9.78 Å². The minimum Gasteiger partial charge on any atom is -0.497 e. The predicted octanol–water partition coefficient (Wildman–Crippen LogP) is 3.90. The van der Waals surface area contributed by atoms with Crippen molar-refractivity contribution in [2.24, 2.45) is 0 Å². The Kier molecular flexibility index (Phi) is 7.01. The molecule has 3 aromatic rings. The van der Waals surface area contributed by atoms with Crippen molar-refractivity contribution in [2.75, 3.05) is 19.0 Å². The van der Waals surface area contributed by atoms with Crippen LogP contribution in [-0.4, -0.2) is 35.4 Å². The molecule has 1 N–H and O–H groups in total. The summed E-state index contributed by atoms with van der Waals surface area (Å²) in [6, 6.07) is 15.8. The Bertz CT molecular complexity index is 1100. The second kappa shape index (κ2) is 10.1. The number of anilines is 1. The van der Waals surface area contributed by atoms with Crippen molar-refractivity contribution < 1.29 is 19.1 Å². The van der Waals surface area contributed by atoms with E-state index in [9.17, 15) is 9.59 Å². The number of benzene rings is 2. The van der Waals surface area contributed by atoms with Crippen molar-refractivity contribution in [2.45, 2.75) is 19.9 Å². The van der Waals surface area contributed by atoms with Gasteiger partial charge in [0.25, 0.3) is 5.91 Å². The number of aromatic nitrogens is 2. The van der Waals surface area contributed by atoms with Crippen molar-refractivity contribution in [3.63, 3.8) is 0 Å². The van der Waals surface area contributed by atoms with Gasteiger partial charge in [-0.2, -0.15) is 10.4 Å². The summed E-state index contributed by atoms with van der Waals surface area (Å²) in [5, 5.41) is 16.2. The number of aryl methyl sites for hydroxylation is 1. The summed E-state index contributed by atoms with van der Waals surface area (Å²) >= 11 is 0. The maximum absolute atomic E-state index is 13.0. The van der Waals surface area contributed by atoms with E-state index in [4.69, 9.17) is 14.7 Å². The zero-order chi connectivity index (χ0) is 22.2. The molecule has 0 bridgehead atoms. The molecule has 8 heteroatoms. The number of nitrogens with zero attached hydrogens (tertiary/aromatic N) is 3. The smallest absolute Gasteiger partial charge is 0.338 e. The molecule has 0 spiro atoms. The highest BCUT2D eigenvalue weighted by Crippen LogP contribution is 2.25. The summed E-state index contributed by atoms with van der Waals surface area (Å²) in [4.78, 5) is 24.8. The highest BCUT2D eigenvalue weighted by atomic mass is 16.5. The van der Waals surface area contributed by atoms with Gasteiger partial charge in [0.2, 0.25) is 0 Å². The van der Waals surface area contributed by atoms with Gasteiger partial charge in [0.15, 0.2) is 0 Å². The van der Waals surface area contributed by atoms with Crippen LogP contribution in [0.15, 0.2) is 54.7 Å². The van der Waals surface area contributed by atoms with E-state index in [1.54, 1.807) is 61.3 Å². The van der Waals surface area contributed by atoms with Gasteiger partial charge >= 0.3 is 5.97 Å². The predicted molar refractivity (Wildman–Crippen MR) is 115 cm³/mol. The van der Waals surface area contributed by atoms with Crippen LogP contribution in [0.5, 0.6) is 5.75 Å². The number of nitrogens with one attached hydrogen (secondary N) is 1. The summed E-state index contributed by atoms with van der Waals surface area (Å²) < 4.78 is 11.7. The maximum atomic E-state index is 13.0. The van der Waals surface area contributed by atoms with Crippen LogP contribution in [0.25, 0.3) is 11.3 Å². The van der Waals surface area contributed by atoms with E-state index < -0.39 is 5.97 Å². The largest absolute Gasteiger partial charge is 0.497 e. The van der Waals surface area contributed by atoms with Crippen molar-refractivity contribution >= 4 is 17.6 Å². The molecular formula is C23H22N4O4. The number of rotatable bonds is 8. The van der Waals surface area contributed by atoms with Gasteiger partial charge in [0.1, 0.15) is 11.4 Å². The van der Waals surface area contributed by atoms with Crippen molar-refractivity contribution in [3.05, 3.63) is 65.9 Å². The lowest BCUT2D eigenvalue weighted by Gasteiger charge is -2.07. The fourth-order valence-corrected chi connectivity index (χ4v) is 2.93. The molecule has 158 valence electrons. The average molecular weight is 418 g/mol. The molecule has 1 amide bonds. The summed E-state index contributed by atoms with van der Waals surface area (Å²) in [6.07, 6.45) is 1.90. The molecule has 0 radical (unpaired) electrons. The minimum atomic E-state index is -0.416. The van der Waals surface area contributed by atoms with Gasteiger partial charge in [-0.25, -0.2) is 4.79 Å². The molecule has 0 saturated carbocycles. The lowest BCUT2D eigenvalue weighted by molar-refractivity contribution is 0.0526. The van der Waals surface area contributed by atoms with Crippen LogP contribution >= 0.6 is 0 Å². The number of hydrogen-bond acceptors (Lipinski definition) is 6. The number of nitriles is 1. The van der Waals surface area contributed by atoms with E-state index in [0.29, 0.717) is 41.4 Å². The standard InChI is InChI=1S/C23H22N4O4/c1-3-31-23(29)17-5-9-18(10-6-17)25-22(28)20-15-27(14-4-13-24)26-21(20)16-7-11-19(30-2)12-8-16/h5-12,15H,3-4,14H2,1-2H3,(H,25,28). The van der Waals surface area contributed by atoms with E-state index in [1.807, 2.05) is 12.1 Å². The number of carbonyl (C=O) groups is 2. The van der Waals surface area contributed by atoms with Crippen LogP contribution in [0.2, 0.25) is 0 Å². The first-order valence-electron chi connectivity index (χ1n) is 9.73. The third-order valence-corrected chi connectivity index (χ3v) is 4.48. The van der Waals surface area contributed by atoms with Gasteiger partial charge in [-0.05, 0) is 55.5 Å². The van der Waals surface area contributed by atoms with E-state index in [0.717, 1.165) is 5.56 Å². The van der Waals surface area contributed by atoms with Crippen LogP contribution in [-0.2, 0) is 11.3 Å². The second-order valence-electron chi connectivity index (χ2n) is 6.54. The topological polar surface area (TPSA) is 106 Å². The quantitative estimate of drug-likeness (QED) is 0.556. The molecule has 1 heterocycles. The van der Waals surface area contributed by atoms with E-state index >= 15 is 0 Å². The number of amides is 1. The first-order chi connectivity index (χ1) is 15.0. The van der Waals surface area contributed by atoms with Crippen LogP contribution in [0.4, 0.5) is 5.69 Å². The number of esters is 1. The van der Waals surface area contributed by atoms with Gasteiger partial charge in [0, 0.05) is 17.4 Å². The highest BCUT2D eigenvalue weighted by molar-refractivity contribution is 6.08. The van der Waals surface area contributed by atoms with Crippen molar-refractivity contribution in [1.29, 1.82) is 5.26 Å². The molecule has 3 rings (SSSR count). The van der Waals surface area contributed by atoms with Crippen LogP contribution in [0, 0.1) is 11.3 Å². The fourth-order valence-electron chi connectivity index (χ4n) is 2.93. The van der Waals surface area contributed by atoms with Gasteiger partial charge in [0.05, 0.1) is 43.9 Å². The SMILES string of the molecule is CCOC(=O)c1ccc(NC(=O)c2cn(CCC#N)nc2-c2ccc(OC)cc2)cc1. The van der Waals surface area contributed by atoms with E-state index in [-0.39, 0.29) is 12.3 Å². The summed E-state index contributed by atoms with van der Waals surface area (Å²) in [6.45, 7) is 2.41. The molecule has 2 aromatic carbocycles. The third kappa shape index (κ3) is 5.28. The number of carbonyl (C=O) groups excluding carboxylic acids is 2. The second-order valence-corrected chi connectivity index (χ2v) is 6.54. The zero-order valence-electron chi connectivity index (χ0n) is 17.3. The molecule has 0 atom stereocenters. The van der Waals surface area contributed by atoms with Gasteiger partial charge in [-0.15, -0.1) is 0 Å². The molecule has 0 fully saturated rings. The van der Waals surface area contributed by atoms with Gasteiger partial charge in [-0.3, -0.25) is 9.48 Å². The number of ether oxygens (including phenoxy) is 2. The summed E-state index contributed by atoms with van der Waals surface area (Å²) in [5.41, 5.74) is 2.56. The molecule has 1 aromatic heterocycles. The number of hydrogen-bond donors (Lipinski definition) is 1. The summed E-state index contributed by atoms with van der Waals surface area (Å²) in [7, 11) is 1.58. The fraction of sp³-hybridized carbons (Fsp3) is 0.217.